The van der Waals surface area contributed by atoms with Gasteiger partial charge in [-0.25, -0.2) is 4.79 Å². The summed E-state index contributed by atoms with van der Waals surface area (Å²) in [7, 11) is 0. The number of piperidine rings is 1. The van der Waals surface area contributed by atoms with Gasteiger partial charge in [0, 0.05) is 6.54 Å². The van der Waals surface area contributed by atoms with Crippen LogP contribution >= 0.6 is 0 Å². The lowest BCUT2D eigenvalue weighted by Crippen LogP contribution is -2.53. The van der Waals surface area contributed by atoms with Crippen molar-refractivity contribution in [2.75, 3.05) is 19.6 Å². The predicted molar refractivity (Wildman–Crippen MR) is 95.8 cm³/mol. The number of carbonyl (C=O) groups excluding carboxylic acids is 1. The molecule has 8 nitrogen and oxygen atoms in total. The molecule has 4 N–H and O–H groups in total. The Bertz CT molecular complexity index is 507. The minimum Gasteiger partial charge on any atom is -0.480 e. The van der Waals surface area contributed by atoms with Crippen molar-refractivity contribution in [1.29, 1.82) is 0 Å². The molecule has 1 unspecified atom stereocenters. The van der Waals surface area contributed by atoms with E-state index in [1.54, 1.807) is 6.92 Å². The second-order valence-corrected chi connectivity index (χ2v) is 7.43. The molecule has 0 radical (unpaired) electrons. The average Bonchev–Trinajstić information content (AvgIpc) is 3.10. The molecule has 148 valence electrons. The number of likely N-dealkylation sites (tertiary alicyclic amines) is 1. The number of carbonyl (C=O) groups is 3. The summed E-state index contributed by atoms with van der Waals surface area (Å²) in [4.78, 5) is 36.7. The Hall–Kier alpha value is -1.67. The second kappa shape index (κ2) is 9.87. The number of hydrogen-bond acceptors (Lipinski definition) is 5. The smallest absolute Gasteiger partial charge is 0.326 e. The minimum absolute atomic E-state index is 0.334. The lowest BCUT2D eigenvalue weighted by molar-refractivity contribution is -0.149. The highest BCUT2D eigenvalue weighted by atomic mass is 16.4. The van der Waals surface area contributed by atoms with E-state index in [0.29, 0.717) is 31.7 Å². The molecular formula is C18H31N3O5. The Morgan fingerprint density at radius 2 is 1.88 bits per heavy atom. The van der Waals surface area contributed by atoms with Crippen molar-refractivity contribution >= 4 is 17.8 Å². The third kappa shape index (κ3) is 5.67. The van der Waals surface area contributed by atoms with Crippen LogP contribution in [0.2, 0.25) is 0 Å². The zero-order chi connectivity index (χ0) is 19.1. The fourth-order valence-corrected chi connectivity index (χ4v) is 3.97. The van der Waals surface area contributed by atoms with Crippen molar-refractivity contribution < 1.29 is 24.6 Å². The van der Waals surface area contributed by atoms with Gasteiger partial charge >= 0.3 is 11.9 Å². The van der Waals surface area contributed by atoms with Crippen molar-refractivity contribution in [3.63, 3.8) is 0 Å². The predicted octanol–water partition coefficient (Wildman–Crippen LogP) is 0.663. The Balaban J connectivity index is 1.82. The largest absolute Gasteiger partial charge is 0.480 e. The van der Waals surface area contributed by atoms with Gasteiger partial charge in [-0.1, -0.05) is 12.8 Å². The molecule has 2 heterocycles. The van der Waals surface area contributed by atoms with Crippen LogP contribution in [0.1, 0.15) is 51.9 Å². The van der Waals surface area contributed by atoms with Crippen LogP contribution in [0, 0.1) is 5.92 Å². The number of aliphatic carboxylic acids is 2. The van der Waals surface area contributed by atoms with E-state index in [2.05, 4.69) is 10.6 Å². The quantitative estimate of drug-likeness (QED) is 0.471. The summed E-state index contributed by atoms with van der Waals surface area (Å²) in [6.07, 6.45) is 5.65. The summed E-state index contributed by atoms with van der Waals surface area (Å²) in [5.74, 6) is -1.66. The molecule has 0 aromatic rings. The number of nitrogens with zero attached hydrogens (tertiary/aromatic N) is 1. The minimum atomic E-state index is -1.00. The van der Waals surface area contributed by atoms with Crippen LogP contribution in [0.3, 0.4) is 0 Å². The van der Waals surface area contributed by atoms with Crippen molar-refractivity contribution in [2.24, 2.45) is 5.92 Å². The van der Waals surface area contributed by atoms with Crippen LogP contribution in [0.15, 0.2) is 0 Å². The summed E-state index contributed by atoms with van der Waals surface area (Å²) >= 11 is 0. The van der Waals surface area contributed by atoms with E-state index in [4.69, 9.17) is 0 Å². The number of rotatable bonds is 9. The molecule has 2 fully saturated rings. The van der Waals surface area contributed by atoms with Gasteiger partial charge in [-0.15, -0.1) is 0 Å². The Morgan fingerprint density at radius 1 is 1.19 bits per heavy atom. The van der Waals surface area contributed by atoms with Crippen LogP contribution in [0.5, 0.6) is 0 Å². The molecule has 1 amide bonds. The van der Waals surface area contributed by atoms with Gasteiger partial charge < -0.3 is 20.4 Å². The Labute approximate surface area is 154 Å². The van der Waals surface area contributed by atoms with E-state index in [1.807, 2.05) is 0 Å². The van der Waals surface area contributed by atoms with Gasteiger partial charge in [0.2, 0.25) is 5.91 Å². The third-order valence-corrected chi connectivity index (χ3v) is 5.50. The lowest BCUT2D eigenvalue weighted by atomic mass is 9.91. The first-order valence-electron chi connectivity index (χ1n) is 9.63. The number of carboxylic acid groups (broad SMARTS) is 2. The fourth-order valence-electron chi connectivity index (χ4n) is 3.97. The first-order chi connectivity index (χ1) is 12.4. The lowest BCUT2D eigenvalue weighted by Gasteiger charge is -2.27. The monoisotopic (exact) mass is 369 g/mol. The highest BCUT2D eigenvalue weighted by molar-refractivity contribution is 5.88. The molecule has 2 saturated heterocycles. The first kappa shape index (κ1) is 20.6. The normalized spacial score (nSPS) is 23.6. The first-order valence-corrected chi connectivity index (χ1v) is 9.63. The SMILES string of the molecule is C[C@H](NC(CCCC1CCNCC1)C(=O)O)C(=O)N1CCC[C@H]1C(=O)O. The van der Waals surface area contributed by atoms with Crippen LogP contribution < -0.4 is 10.6 Å². The Morgan fingerprint density at radius 3 is 2.50 bits per heavy atom. The number of carboxylic acids is 2. The van der Waals surface area contributed by atoms with Gasteiger partial charge in [0.25, 0.3) is 0 Å². The maximum Gasteiger partial charge on any atom is 0.326 e. The maximum absolute atomic E-state index is 12.5. The molecule has 0 saturated carbocycles. The highest BCUT2D eigenvalue weighted by Gasteiger charge is 2.36. The summed E-state index contributed by atoms with van der Waals surface area (Å²) in [5.41, 5.74) is 0. The molecule has 0 aromatic carbocycles. The molecule has 2 rings (SSSR count). The molecule has 8 heteroatoms. The molecule has 0 bridgehead atoms. The van der Waals surface area contributed by atoms with Crippen molar-refractivity contribution in [3.05, 3.63) is 0 Å². The molecule has 0 spiro atoms. The zero-order valence-electron chi connectivity index (χ0n) is 15.4. The zero-order valence-corrected chi connectivity index (χ0v) is 15.4. The van der Waals surface area contributed by atoms with E-state index in [9.17, 15) is 24.6 Å². The second-order valence-electron chi connectivity index (χ2n) is 7.43. The molecule has 2 aliphatic rings. The average molecular weight is 369 g/mol. The molecule has 26 heavy (non-hydrogen) atoms. The van der Waals surface area contributed by atoms with E-state index in [1.165, 1.54) is 4.90 Å². The van der Waals surface area contributed by atoms with Gasteiger partial charge in [-0.2, -0.15) is 0 Å². The van der Waals surface area contributed by atoms with Gasteiger partial charge in [0.1, 0.15) is 12.1 Å². The van der Waals surface area contributed by atoms with Gasteiger partial charge in [-0.05, 0) is 58.0 Å². The number of nitrogens with one attached hydrogen (secondary N) is 2. The van der Waals surface area contributed by atoms with E-state index >= 15 is 0 Å². The van der Waals surface area contributed by atoms with Crippen LogP contribution in [-0.2, 0) is 14.4 Å². The van der Waals surface area contributed by atoms with Crippen LogP contribution in [0.4, 0.5) is 0 Å². The molecule has 0 aliphatic carbocycles. The summed E-state index contributed by atoms with van der Waals surface area (Å²) in [6.45, 7) is 4.08. The molecular weight excluding hydrogens is 338 g/mol. The van der Waals surface area contributed by atoms with Crippen molar-refractivity contribution in [2.45, 2.75) is 70.0 Å². The highest BCUT2D eigenvalue weighted by Crippen LogP contribution is 2.20. The summed E-state index contributed by atoms with van der Waals surface area (Å²) in [5, 5.41) is 24.9. The molecule has 0 aromatic heterocycles. The van der Waals surface area contributed by atoms with Gasteiger partial charge in [0.15, 0.2) is 0 Å². The Kier molecular flexibility index (Phi) is 7.84. The summed E-state index contributed by atoms with van der Waals surface area (Å²) < 4.78 is 0. The summed E-state index contributed by atoms with van der Waals surface area (Å²) in [6, 6.07) is -2.30. The topological polar surface area (TPSA) is 119 Å². The van der Waals surface area contributed by atoms with Crippen molar-refractivity contribution in [3.8, 4) is 0 Å². The molecule has 2 aliphatic heterocycles. The molecule has 3 atom stereocenters. The standard InChI is InChI=1S/C18H31N3O5/c1-12(16(22)21-11-3-6-15(21)18(25)26)20-14(17(23)24)5-2-4-13-7-9-19-10-8-13/h12-15,19-20H,2-11H2,1H3,(H,23,24)(H,25,26)/t12-,14?,15-/m0/s1. The third-order valence-electron chi connectivity index (χ3n) is 5.50. The maximum atomic E-state index is 12.5. The number of hydrogen-bond donors (Lipinski definition) is 4. The fraction of sp³-hybridized carbons (Fsp3) is 0.833. The van der Waals surface area contributed by atoms with Crippen molar-refractivity contribution in [1.82, 2.24) is 15.5 Å². The van der Waals surface area contributed by atoms with E-state index < -0.39 is 30.1 Å². The van der Waals surface area contributed by atoms with E-state index in [0.717, 1.165) is 38.8 Å². The van der Waals surface area contributed by atoms with Crippen LogP contribution in [-0.4, -0.2) is 70.7 Å². The van der Waals surface area contributed by atoms with Gasteiger partial charge in [0.05, 0.1) is 6.04 Å². The van der Waals surface area contributed by atoms with Gasteiger partial charge in [-0.3, -0.25) is 14.9 Å². The van der Waals surface area contributed by atoms with Crippen LogP contribution in [0.25, 0.3) is 0 Å². The number of amides is 1. The van der Waals surface area contributed by atoms with E-state index in [-0.39, 0.29) is 5.91 Å².